The normalized spacial score (nSPS) is 24.2. The molecule has 1 atom stereocenters. The lowest BCUT2D eigenvalue weighted by atomic mass is 9.86. The van der Waals surface area contributed by atoms with E-state index in [4.69, 9.17) is 9.47 Å². The molecule has 2 amide bonds. The third kappa shape index (κ3) is 3.51. The van der Waals surface area contributed by atoms with E-state index in [9.17, 15) is 4.79 Å². The molecule has 1 aromatic carbocycles. The zero-order chi connectivity index (χ0) is 16.5. The first-order chi connectivity index (χ1) is 10.9. The Morgan fingerprint density at radius 3 is 2.65 bits per heavy atom. The van der Waals surface area contributed by atoms with E-state index in [1.165, 1.54) is 11.1 Å². The molecular weight excluding hydrogens is 292 g/mol. The molecule has 1 saturated heterocycles. The summed E-state index contributed by atoms with van der Waals surface area (Å²) in [4.78, 5) is 12.2. The van der Waals surface area contributed by atoms with Crippen molar-refractivity contribution in [2.24, 2.45) is 0 Å². The van der Waals surface area contributed by atoms with Crippen LogP contribution < -0.4 is 10.6 Å². The fourth-order valence-corrected chi connectivity index (χ4v) is 3.59. The lowest BCUT2D eigenvalue weighted by molar-refractivity contribution is -0.145. The van der Waals surface area contributed by atoms with Crippen molar-refractivity contribution < 1.29 is 14.3 Å². The Hall–Kier alpha value is -1.59. The van der Waals surface area contributed by atoms with Crippen molar-refractivity contribution >= 4 is 6.03 Å². The summed E-state index contributed by atoms with van der Waals surface area (Å²) in [6, 6.07) is 8.29. The first kappa shape index (κ1) is 16.3. The molecule has 3 rings (SSSR count). The van der Waals surface area contributed by atoms with Gasteiger partial charge in [-0.05, 0) is 29.9 Å². The van der Waals surface area contributed by atoms with Gasteiger partial charge in [-0.1, -0.05) is 38.1 Å². The Morgan fingerprint density at radius 2 is 1.91 bits per heavy atom. The van der Waals surface area contributed by atoms with Crippen LogP contribution in [0.4, 0.5) is 4.79 Å². The number of carbonyl (C=O) groups excluding carboxylic acids is 1. The van der Waals surface area contributed by atoms with Crippen molar-refractivity contribution in [3.05, 3.63) is 35.4 Å². The minimum Gasteiger partial charge on any atom is -0.348 e. The SMILES string of the molecule is CC1(CCNC(=O)N[C@H]2CC(C)(C)c3ccccc32)OCCO1. The van der Waals surface area contributed by atoms with Gasteiger partial charge in [0.1, 0.15) is 0 Å². The lowest BCUT2D eigenvalue weighted by Crippen LogP contribution is -2.40. The van der Waals surface area contributed by atoms with E-state index < -0.39 is 5.79 Å². The molecule has 0 radical (unpaired) electrons. The molecule has 1 aliphatic heterocycles. The second-order valence-electron chi connectivity index (χ2n) is 7.21. The smallest absolute Gasteiger partial charge is 0.315 e. The first-order valence-corrected chi connectivity index (χ1v) is 8.31. The van der Waals surface area contributed by atoms with E-state index in [2.05, 4.69) is 42.7 Å². The summed E-state index contributed by atoms with van der Waals surface area (Å²) in [5.41, 5.74) is 2.64. The van der Waals surface area contributed by atoms with Crippen molar-refractivity contribution in [2.45, 2.75) is 50.9 Å². The molecule has 0 spiro atoms. The predicted molar refractivity (Wildman–Crippen MR) is 88.3 cm³/mol. The second-order valence-corrected chi connectivity index (χ2v) is 7.21. The summed E-state index contributed by atoms with van der Waals surface area (Å²) in [5, 5.41) is 6.01. The van der Waals surface area contributed by atoms with Gasteiger partial charge in [0.05, 0.1) is 19.3 Å². The van der Waals surface area contributed by atoms with Crippen LogP contribution in [0.15, 0.2) is 24.3 Å². The van der Waals surface area contributed by atoms with Gasteiger partial charge in [-0.15, -0.1) is 0 Å². The third-order valence-corrected chi connectivity index (χ3v) is 4.85. The number of nitrogens with one attached hydrogen (secondary N) is 2. The van der Waals surface area contributed by atoms with E-state index in [1.54, 1.807) is 0 Å². The van der Waals surface area contributed by atoms with Crippen LogP contribution in [0.25, 0.3) is 0 Å². The van der Waals surface area contributed by atoms with Crippen molar-refractivity contribution in [1.82, 2.24) is 10.6 Å². The second kappa shape index (κ2) is 6.13. The Bertz CT molecular complexity index is 579. The van der Waals surface area contributed by atoms with E-state index in [1.807, 2.05) is 13.0 Å². The number of fused-ring (bicyclic) bond motifs is 1. The minimum absolute atomic E-state index is 0.0655. The Labute approximate surface area is 137 Å². The predicted octanol–water partition coefficient (Wildman–Crippen LogP) is 2.86. The van der Waals surface area contributed by atoms with Crippen LogP contribution in [0.1, 0.15) is 50.8 Å². The highest BCUT2D eigenvalue weighted by Crippen LogP contribution is 2.44. The summed E-state index contributed by atoms with van der Waals surface area (Å²) in [7, 11) is 0. The van der Waals surface area contributed by atoms with Gasteiger partial charge >= 0.3 is 6.03 Å². The fraction of sp³-hybridized carbons (Fsp3) is 0.611. The van der Waals surface area contributed by atoms with Gasteiger partial charge in [0.25, 0.3) is 0 Å². The number of rotatable bonds is 4. The topological polar surface area (TPSA) is 59.6 Å². The van der Waals surface area contributed by atoms with Crippen LogP contribution in [0.5, 0.6) is 0 Å². The van der Waals surface area contributed by atoms with E-state index in [-0.39, 0.29) is 17.5 Å². The monoisotopic (exact) mass is 318 g/mol. The van der Waals surface area contributed by atoms with Gasteiger partial charge < -0.3 is 20.1 Å². The number of urea groups is 1. The van der Waals surface area contributed by atoms with E-state index >= 15 is 0 Å². The Balaban J connectivity index is 1.53. The average molecular weight is 318 g/mol. The molecular formula is C18H26N2O3. The number of benzene rings is 1. The highest BCUT2D eigenvalue weighted by atomic mass is 16.7. The molecule has 126 valence electrons. The molecule has 2 N–H and O–H groups in total. The van der Waals surface area contributed by atoms with Gasteiger partial charge in [0.2, 0.25) is 0 Å². The summed E-state index contributed by atoms with van der Waals surface area (Å²) < 4.78 is 11.1. The zero-order valence-electron chi connectivity index (χ0n) is 14.1. The largest absolute Gasteiger partial charge is 0.348 e. The van der Waals surface area contributed by atoms with Gasteiger partial charge in [0, 0.05) is 13.0 Å². The average Bonchev–Trinajstić information content (AvgIpc) is 3.02. The van der Waals surface area contributed by atoms with Crippen LogP contribution in [0, 0.1) is 0 Å². The maximum Gasteiger partial charge on any atom is 0.315 e. The molecule has 1 aromatic rings. The van der Waals surface area contributed by atoms with Crippen molar-refractivity contribution in [2.75, 3.05) is 19.8 Å². The first-order valence-electron chi connectivity index (χ1n) is 8.31. The third-order valence-electron chi connectivity index (χ3n) is 4.85. The number of hydrogen-bond donors (Lipinski definition) is 2. The van der Waals surface area contributed by atoms with Crippen LogP contribution in [0.3, 0.4) is 0 Å². The summed E-state index contributed by atoms with van der Waals surface area (Å²) in [6.45, 7) is 8.13. The molecule has 0 aromatic heterocycles. The quantitative estimate of drug-likeness (QED) is 0.897. The summed E-state index contributed by atoms with van der Waals surface area (Å²) in [6.07, 6.45) is 1.57. The maximum absolute atomic E-state index is 12.2. The fourth-order valence-electron chi connectivity index (χ4n) is 3.59. The molecule has 0 bridgehead atoms. The zero-order valence-corrected chi connectivity index (χ0v) is 14.1. The van der Waals surface area contributed by atoms with Crippen LogP contribution in [-0.2, 0) is 14.9 Å². The molecule has 5 heteroatoms. The highest BCUT2D eigenvalue weighted by Gasteiger charge is 2.37. The number of carbonyl (C=O) groups is 1. The maximum atomic E-state index is 12.2. The minimum atomic E-state index is -0.560. The number of hydrogen-bond acceptors (Lipinski definition) is 3. The molecule has 0 saturated carbocycles. The molecule has 0 unspecified atom stereocenters. The van der Waals surface area contributed by atoms with Crippen LogP contribution >= 0.6 is 0 Å². The lowest BCUT2D eigenvalue weighted by Gasteiger charge is -2.23. The van der Waals surface area contributed by atoms with Gasteiger partial charge in [-0.25, -0.2) is 4.79 Å². The molecule has 5 nitrogen and oxygen atoms in total. The molecule has 23 heavy (non-hydrogen) atoms. The van der Waals surface area contributed by atoms with Crippen molar-refractivity contribution in [3.63, 3.8) is 0 Å². The van der Waals surface area contributed by atoms with Gasteiger partial charge in [-0.2, -0.15) is 0 Å². The molecule has 1 fully saturated rings. The standard InChI is InChI=1S/C18H26N2O3/c1-17(2)12-15(13-6-4-5-7-14(13)17)20-16(21)19-9-8-18(3)22-10-11-23-18/h4-7,15H,8-12H2,1-3H3,(H2,19,20,21)/t15-/m0/s1. The molecule has 2 aliphatic rings. The van der Waals surface area contributed by atoms with Crippen molar-refractivity contribution in [3.8, 4) is 0 Å². The van der Waals surface area contributed by atoms with E-state index in [0.29, 0.717) is 26.2 Å². The molecule has 1 aliphatic carbocycles. The summed E-state index contributed by atoms with van der Waals surface area (Å²) in [5.74, 6) is -0.560. The van der Waals surface area contributed by atoms with Crippen LogP contribution in [0.2, 0.25) is 0 Å². The molecule has 1 heterocycles. The van der Waals surface area contributed by atoms with Gasteiger partial charge in [0.15, 0.2) is 5.79 Å². The van der Waals surface area contributed by atoms with Gasteiger partial charge in [-0.3, -0.25) is 0 Å². The van der Waals surface area contributed by atoms with E-state index in [0.717, 1.165) is 6.42 Å². The van der Waals surface area contributed by atoms with Crippen molar-refractivity contribution in [1.29, 1.82) is 0 Å². The Kier molecular flexibility index (Phi) is 4.34. The number of ether oxygens (including phenoxy) is 2. The number of amides is 2. The Morgan fingerprint density at radius 1 is 1.22 bits per heavy atom. The highest BCUT2D eigenvalue weighted by molar-refractivity contribution is 5.74. The summed E-state index contributed by atoms with van der Waals surface area (Å²) >= 11 is 0. The van der Waals surface area contributed by atoms with Crippen LogP contribution in [-0.4, -0.2) is 31.6 Å².